The van der Waals surface area contributed by atoms with Crippen molar-refractivity contribution < 1.29 is 19.2 Å². The third kappa shape index (κ3) is 4.23. The summed E-state index contributed by atoms with van der Waals surface area (Å²) in [7, 11) is 0. The van der Waals surface area contributed by atoms with Gasteiger partial charge in [-0.15, -0.1) is 0 Å². The molecule has 1 saturated heterocycles. The van der Waals surface area contributed by atoms with Crippen molar-refractivity contribution in [2.75, 3.05) is 18.8 Å². The Morgan fingerprint density at radius 1 is 1.27 bits per heavy atom. The molecule has 2 rings (SSSR count). The van der Waals surface area contributed by atoms with Crippen LogP contribution in [0.25, 0.3) is 0 Å². The van der Waals surface area contributed by atoms with Gasteiger partial charge in [-0.05, 0) is 19.3 Å². The molecule has 1 N–H and O–H groups in total. The first kappa shape index (κ1) is 16.3. The molecule has 0 bridgehead atoms. The summed E-state index contributed by atoms with van der Waals surface area (Å²) in [6.07, 6.45) is 3.13. The number of amides is 4. The summed E-state index contributed by atoms with van der Waals surface area (Å²) in [6, 6.07) is 0. The second-order valence-corrected chi connectivity index (χ2v) is 5.85. The number of hydrogen-bond acceptors (Lipinski definition) is 5. The number of thioether (sulfide) groups is 1. The van der Waals surface area contributed by atoms with Crippen molar-refractivity contribution in [1.29, 1.82) is 0 Å². The Labute approximate surface area is 131 Å². The smallest absolute Gasteiger partial charge is 0.303 e. The first-order valence-electron chi connectivity index (χ1n) is 6.91. The van der Waals surface area contributed by atoms with Crippen LogP contribution in [0.5, 0.6) is 0 Å². The Hall–Kier alpha value is -2.03. The molecule has 0 radical (unpaired) electrons. The van der Waals surface area contributed by atoms with Crippen LogP contribution in [0.4, 0.5) is 0 Å². The number of hydrogen-bond donors (Lipinski definition) is 1. The Bertz CT molecular complexity index is 579. The van der Waals surface area contributed by atoms with E-state index in [1.54, 1.807) is 4.90 Å². The number of rotatable bonds is 2. The number of carbonyl (C=O) groups is 4. The van der Waals surface area contributed by atoms with Gasteiger partial charge in [0, 0.05) is 20.0 Å². The van der Waals surface area contributed by atoms with Crippen molar-refractivity contribution in [2.45, 2.75) is 26.2 Å². The first-order chi connectivity index (χ1) is 10.5. The minimum atomic E-state index is -0.869. The minimum absolute atomic E-state index is 0.0442. The van der Waals surface area contributed by atoms with E-state index in [9.17, 15) is 19.2 Å². The highest BCUT2D eigenvalue weighted by Crippen LogP contribution is 2.13. The normalized spacial score (nSPS) is 20.7. The average Bonchev–Trinajstić information content (AvgIpc) is 2.49. The van der Waals surface area contributed by atoms with Crippen LogP contribution in [0.1, 0.15) is 26.2 Å². The first-order valence-corrected chi connectivity index (χ1v) is 7.90. The number of piperidine rings is 1. The standard InChI is InChI=1S/C13H16N4O4S/c1-8(18)14-10-11(20)15-13(16-12(10)21)22-7-9(19)17-5-3-2-4-6-17/h2-7H2,1H3,(H,15,16,20,21). The maximum atomic E-state index is 12.0. The molecule has 9 heteroatoms. The zero-order valence-corrected chi connectivity index (χ0v) is 12.9. The fraction of sp³-hybridized carbons (Fsp3) is 0.538. The molecule has 118 valence electrons. The van der Waals surface area contributed by atoms with Gasteiger partial charge in [-0.3, -0.25) is 24.5 Å². The van der Waals surface area contributed by atoms with Crippen LogP contribution in [-0.2, 0) is 19.2 Å². The Morgan fingerprint density at radius 3 is 2.55 bits per heavy atom. The van der Waals surface area contributed by atoms with Gasteiger partial charge in [0.1, 0.15) is 0 Å². The van der Waals surface area contributed by atoms with Gasteiger partial charge in [0.05, 0.1) is 5.75 Å². The van der Waals surface area contributed by atoms with Crippen molar-refractivity contribution in [2.24, 2.45) is 9.98 Å². The summed E-state index contributed by atoms with van der Waals surface area (Å²) in [5.41, 5.74) is -0.529. The summed E-state index contributed by atoms with van der Waals surface area (Å²) >= 11 is 0.994. The van der Waals surface area contributed by atoms with Crippen LogP contribution in [0, 0.1) is 0 Å². The van der Waals surface area contributed by atoms with Gasteiger partial charge in [-0.1, -0.05) is 11.8 Å². The quantitative estimate of drug-likeness (QED) is 0.752. The highest BCUT2D eigenvalue weighted by molar-refractivity contribution is 8.14. The van der Waals surface area contributed by atoms with Crippen LogP contribution >= 0.6 is 11.8 Å². The van der Waals surface area contributed by atoms with E-state index in [4.69, 9.17) is 0 Å². The van der Waals surface area contributed by atoms with E-state index in [-0.39, 0.29) is 16.8 Å². The molecule has 22 heavy (non-hydrogen) atoms. The van der Waals surface area contributed by atoms with E-state index in [0.717, 1.165) is 51.0 Å². The van der Waals surface area contributed by atoms with Crippen LogP contribution in [-0.4, -0.2) is 58.3 Å². The molecule has 0 aromatic carbocycles. The zero-order valence-electron chi connectivity index (χ0n) is 12.1. The molecule has 0 spiro atoms. The lowest BCUT2D eigenvalue weighted by Gasteiger charge is -2.26. The molecule has 2 aliphatic rings. The molecule has 1 fully saturated rings. The molecular formula is C13H16N4O4S. The highest BCUT2D eigenvalue weighted by atomic mass is 32.2. The summed E-state index contributed by atoms with van der Waals surface area (Å²) in [5, 5.41) is 2.42. The molecule has 4 amide bonds. The molecule has 0 aliphatic carbocycles. The van der Waals surface area contributed by atoms with Crippen molar-refractivity contribution in [3.05, 3.63) is 0 Å². The molecular weight excluding hydrogens is 308 g/mol. The number of nitrogens with one attached hydrogen (secondary N) is 1. The summed E-state index contributed by atoms with van der Waals surface area (Å²) in [4.78, 5) is 54.9. The summed E-state index contributed by atoms with van der Waals surface area (Å²) in [5.74, 6) is -2.23. The molecule has 0 aromatic heterocycles. The Kier molecular flexibility index (Phi) is 5.42. The lowest BCUT2D eigenvalue weighted by Crippen LogP contribution is -2.44. The number of carbonyl (C=O) groups excluding carboxylic acids is 4. The Morgan fingerprint density at radius 2 is 1.95 bits per heavy atom. The van der Waals surface area contributed by atoms with E-state index in [1.165, 1.54) is 0 Å². The average molecular weight is 324 g/mol. The van der Waals surface area contributed by atoms with E-state index in [0.29, 0.717) is 0 Å². The van der Waals surface area contributed by atoms with Crippen molar-refractivity contribution >= 4 is 46.3 Å². The summed E-state index contributed by atoms with van der Waals surface area (Å²) < 4.78 is 0. The second kappa shape index (κ2) is 7.30. The number of amidine groups is 1. The predicted molar refractivity (Wildman–Crippen MR) is 81.6 cm³/mol. The molecule has 0 unspecified atom stereocenters. The lowest BCUT2D eigenvalue weighted by atomic mass is 10.1. The minimum Gasteiger partial charge on any atom is -0.342 e. The van der Waals surface area contributed by atoms with E-state index >= 15 is 0 Å². The van der Waals surface area contributed by atoms with Gasteiger partial charge in [0.2, 0.25) is 11.8 Å². The monoisotopic (exact) mass is 324 g/mol. The maximum absolute atomic E-state index is 12.0. The third-order valence-electron chi connectivity index (χ3n) is 3.15. The highest BCUT2D eigenvalue weighted by Gasteiger charge is 2.28. The molecule has 8 nitrogen and oxygen atoms in total. The van der Waals surface area contributed by atoms with E-state index in [1.807, 2.05) is 0 Å². The van der Waals surface area contributed by atoms with Gasteiger partial charge in [-0.2, -0.15) is 4.99 Å². The number of aliphatic imine (C=N–C) groups is 2. The van der Waals surface area contributed by atoms with Crippen molar-refractivity contribution in [3.8, 4) is 0 Å². The van der Waals surface area contributed by atoms with Crippen LogP contribution in [0.15, 0.2) is 9.98 Å². The Balaban J connectivity index is 1.94. The molecule has 2 aliphatic heterocycles. The zero-order chi connectivity index (χ0) is 16.1. The fourth-order valence-corrected chi connectivity index (χ4v) is 2.87. The SMILES string of the molecule is CC(=O)N=C1C(=O)N=C(SCC(=O)N2CCCCC2)NC1=O. The van der Waals surface area contributed by atoms with E-state index < -0.39 is 23.4 Å². The fourth-order valence-electron chi connectivity index (χ4n) is 2.12. The maximum Gasteiger partial charge on any atom is 0.303 e. The van der Waals surface area contributed by atoms with E-state index in [2.05, 4.69) is 15.3 Å². The molecule has 0 aromatic rings. The predicted octanol–water partition coefficient (Wildman–Crippen LogP) is -0.268. The van der Waals surface area contributed by atoms with Gasteiger partial charge in [-0.25, -0.2) is 4.99 Å². The second-order valence-electron chi connectivity index (χ2n) is 4.89. The van der Waals surface area contributed by atoms with Gasteiger partial charge in [0.25, 0.3) is 5.91 Å². The summed E-state index contributed by atoms with van der Waals surface area (Å²) in [6.45, 7) is 2.62. The van der Waals surface area contributed by atoms with Gasteiger partial charge < -0.3 is 4.90 Å². The number of likely N-dealkylation sites (tertiary alicyclic amines) is 1. The molecule has 0 saturated carbocycles. The van der Waals surface area contributed by atoms with Crippen LogP contribution < -0.4 is 5.32 Å². The third-order valence-corrected chi connectivity index (χ3v) is 4.01. The topological polar surface area (TPSA) is 108 Å². The molecule has 2 heterocycles. The van der Waals surface area contributed by atoms with Crippen LogP contribution in [0.2, 0.25) is 0 Å². The largest absolute Gasteiger partial charge is 0.342 e. The van der Waals surface area contributed by atoms with Gasteiger partial charge in [0.15, 0.2) is 10.9 Å². The number of nitrogens with zero attached hydrogens (tertiary/aromatic N) is 3. The van der Waals surface area contributed by atoms with Gasteiger partial charge >= 0.3 is 5.91 Å². The van der Waals surface area contributed by atoms with Crippen molar-refractivity contribution in [3.63, 3.8) is 0 Å². The lowest BCUT2D eigenvalue weighted by molar-refractivity contribution is -0.129. The van der Waals surface area contributed by atoms with Crippen molar-refractivity contribution in [1.82, 2.24) is 10.2 Å². The van der Waals surface area contributed by atoms with Crippen LogP contribution in [0.3, 0.4) is 0 Å². The molecule has 0 atom stereocenters.